The smallest absolute Gasteiger partial charge is 0.226 e. The number of carbonyl (C=O) groups is 1. The zero-order chi connectivity index (χ0) is 13.7. The summed E-state index contributed by atoms with van der Waals surface area (Å²) in [6.45, 7) is 3.35. The van der Waals surface area contributed by atoms with Crippen LogP contribution in [0.25, 0.3) is 0 Å². The Labute approximate surface area is 118 Å². The van der Waals surface area contributed by atoms with E-state index in [1.54, 1.807) is 6.07 Å². The molecule has 1 aliphatic rings. The Morgan fingerprint density at radius 1 is 1.58 bits per heavy atom. The van der Waals surface area contributed by atoms with Crippen LogP contribution >= 0.6 is 11.8 Å². The number of benzene rings is 1. The zero-order valence-corrected chi connectivity index (χ0v) is 12.0. The number of anilines is 1. The summed E-state index contributed by atoms with van der Waals surface area (Å²) in [4.78, 5) is 14.0. The maximum absolute atomic E-state index is 12.1. The number of hydrogen-bond acceptors (Lipinski definition) is 4. The van der Waals surface area contributed by atoms with Crippen molar-refractivity contribution >= 4 is 23.4 Å². The van der Waals surface area contributed by atoms with Gasteiger partial charge in [0.15, 0.2) is 0 Å². The molecular formula is C14H20N2O2S. The summed E-state index contributed by atoms with van der Waals surface area (Å²) in [6.07, 6.45) is 0.420. The van der Waals surface area contributed by atoms with Crippen molar-refractivity contribution in [2.75, 3.05) is 30.4 Å². The minimum Gasteiger partial charge on any atom is -0.493 e. The highest BCUT2D eigenvalue weighted by Crippen LogP contribution is 2.18. The molecule has 0 aliphatic carbocycles. The van der Waals surface area contributed by atoms with E-state index in [4.69, 9.17) is 10.5 Å². The molecule has 1 heterocycles. The fourth-order valence-electron chi connectivity index (χ4n) is 2.10. The maximum atomic E-state index is 12.1. The van der Waals surface area contributed by atoms with E-state index >= 15 is 0 Å². The summed E-state index contributed by atoms with van der Waals surface area (Å²) in [5.41, 5.74) is 6.34. The number of rotatable bonds is 4. The number of amides is 1. The van der Waals surface area contributed by atoms with E-state index in [9.17, 15) is 4.79 Å². The van der Waals surface area contributed by atoms with Crippen LogP contribution in [0.1, 0.15) is 13.3 Å². The van der Waals surface area contributed by atoms with Crippen molar-refractivity contribution in [3.8, 4) is 5.75 Å². The second-order valence-corrected chi connectivity index (χ2v) is 5.83. The Balaban J connectivity index is 1.77. The lowest BCUT2D eigenvalue weighted by Gasteiger charge is -2.33. The van der Waals surface area contributed by atoms with E-state index < -0.39 is 0 Å². The van der Waals surface area contributed by atoms with Gasteiger partial charge in [-0.1, -0.05) is 6.07 Å². The van der Waals surface area contributed by atoms with Gasteiger partial charge in [0.25, 0.3) is 0 Å². The SMILES string of the molecule is CC1CSCCN1C(=O)CCOc1cccc(N)c1. The van der Waals surface area contributed by atoms with Crippen LogP contribution in [-0.2, 0) is 4.79 Å². The van der Waals surface area contributed by atoms with Crippen LogP contribution in [0.4, 0.5) is 5.69 Å². The summed E-state index contributed by atoms with van der Waals surface area (Å²) in [5, 5.41) is 0. The highest BCUT2D eigenvalue weighted by Gasteiger charge is 2.22. The second-order valence-electron chi connectivity index (χ2n) is 4.68. The molecule has 4 nitrogen and oxygen atoms in total. The van der Waals surface area contributed by atoms with Crippen molar-refractivity contribution in [1.82, 2.24) is 4.90 Å². The summed E-state index contributed by atoms with van der Waals surface area (Å²) in [5.74, 6) is 2.96. The first-order chi connectivity index (χ1) is 9.16. The molecule has 1 atom stereocenters. The number of hydrogen-bond donors (Lipinski definition) is 1. The molecule has 2 N–H and O–H groups in total. The van der Waals surface area contributed by atoms with E-state index in [1.165, 1.54) is 0 Å². The Morgan fingerprint density at radius 3 is 3.16 bits per heavy atom. The number of nitrogens with zero attached hydrogens (tertiary/aromatic N) is 1. The van der Waals surface area contributed by atoms with Gasteiger partial charge < -0.3 is 15.4 Å². The molecular weight excluding hydrogens is 260 g/mol. The van der Waals surface area contributed by atoms with Gasteiger partial charge in [-0.15, -0.1) is 0 Å². The minimum atomic E-state index is 0.178. The predicted molar refractivity (Wildman–Crippen MR) is 79.5 cm³/mol. The van der Waals surface area contributed by atoms with Crippen LogP contribution < -0.4 is 10.5 Å². The average Bonchev–Trinajstić information content (AvgIpc) is 2.39. The summed E-state index contributed by atoms with van der Waals surface area (Å²) < 4.78 is 5.55. The molecule has 5 heteroatoms. The van der Waals surface area contributed by atoms with E-state index in [0.29, 0.717) is 24.8 Å². The Kier molecular flexibility index (Phi) is 4.96. The largest absolute Gasteiger partial charge is 0.493 e. The Hall–Kier alpha value is -1.36. The van der Waals surface area contributed by atoms with Crippen molar-refractivity contribution < 1.29 is 9.53 Å². The first-order valence-electron chi connectivity index (χ1n) is 6.52. The fraction of sp³-hybridized carbons (Fsp3) is 0.500. The molecule has 2 rings (SSSR count). The number of thioether (sulfide) groups is 1. The third kappa shape index (κ3) is 4.06. The van der Waals surface area contributed by atoms with Gasteiger partial charge in [-0.3, -0.25) is 4.79 Å². The molecule has 0 bridgehead atoms. The lowest BCUT2D eigenvalue weighted by Crippen LogP contribution is -2.44. The van der Waals surface area contributed by atoms with E-state index in [2.05, 4.69) is 6.92 Å². The normalized spacial score (nSPS) is 19.2. The average molecular weight is 280 g/mol. The van der Waals surface area contributed by atoms with Crippen LogP contribution in [0.2, 0.25) is 0 Å². The summed E-state index contributed by atoms with van der Waals surface area (Å²) in [6, 6.07) is 7.60. The molecule has 1 fully saturated rings. The quantitative estimate of drug-likeness (QED) is 0.857. The van der Waals surface area contributed by atoms with Gasteiger partial charge in [-0.05, 0) is 19.1 Å². The van der Waals surface area contributed by atoms with Crippen LogP contribution in [0.3, 0.4) is 0 Å². The third-order valence-electron chi connectivity index (χ3n) is 3.13. The first-order valence-corrected chi connectivity index (χ1v) is 7.68. The molecule has 0 spiro atoms. The zero-order valence-electron chi connectivity index (χ0n) is 11.2. The van der Waals surface area contributed by atoms with Gasteiger partial charge in [0.1, 0.15) is 5.75 Å². The maximum Gasteiger partial charge on any atom is 0.226 e. The van der Waals surface area contributed by atoms with Gasteiger partial charge in [-0.25, -0.2) is 0 Å². The lowest BCUT2D eigenvalue weighted by atomic mass is 10.2. The number of nitrogens with two attached hydrogens (primary N) is 1. The minimum absolute atomic E-state index is 0.178. The molecule has 1 saturated heterocycles. The highest BCUT2D eigenvalue weighted by molar-refractivity contribution is 7.99. The van der Waals surface area contributed by atoms with Gasteiger partial charge in [0, 0.05) is 35.8 Å². The molecule has 0 radical (unpaired) electrons. The van der Waals surface area contributed by atoms with Crippen molar-refractivity contribution in [3.05, 3.63) is 24.3 Å². The van der Waals surface area contributed by atoms with Crippen LogP contribution in [-0.4, -0.2) is 41.5 Å². The molecule has 0 aromatic heterocycles. The van der Waals surface area contributed by atoms with E-state index in [1.807, 2.05) is 34.9 Å². The van der Waals surface area contributed by atoms with Crippen molar-refractivity contribution in [2.45, 2.75) is 19.4 Å². The van der Waals surface area contributed by atoms with E-state index in [-0.39, 0.29) is 5.91 Å². The van der Waals surface area contributed by atoms with Crippen LogP contribution in [0.15, 0.2) is 24.3 Å². The predicted octanol–water partition coefficient (Wildman–Crippen LogP) is 2.00. The summed E-state index contributed by atoms with van der Waals surface area (Å²) in [7, 11) is 0. The fourth-order valence-corrected chi connectivity index (χ4v) is 3.12. The summed E-state index contributed by atoms with van der Waals surface area (Å²) >= 11 is 1.91. The van der Waals surface area contributed by atoms with Gasteiger partial charge in [-0.2, -0.15) is 11.8 Å². The number of nitrogen functional groups attached to an aromatic ring is 1. The van der Waals surface area contributed by atoms with Crippen LogP contribution in [0, 0.1) is 0 Å². The van der Waals surface area contributed by atoms with Gasteiger partial charge in [0.2, 0.25) is 5.91 Å². The molecule has 1 aromatic carbocycles. The molecule has 19 heavy (non-hydrogen) atoms. The Bertz CT molecular complexity index is 439. The third-order valence-corrected chi connectivity index (χ3v) is 4.32. The van der Waals surface area contributed by atoms with Gasteiger partial charge >= 0.3 is 0 Å². The van der Waals surface area contributed by atoms with Crippen LogP contribution in [0.5, 0.6) is 5.75 Å². The molecule has 104 valence electrons. The molecule has 1 aliphatic heterocycles. The molecule has 1 aromatic rings. The van der Waals surface area contributed by atoms with E-state index in [0.717, 1.165) is 23.8 Å². The Morgan fingerprint density at radius 2 is 2.42 bits per heavy atom. The standard InChI is InChI=1S/C14H20N2O2S/c1-11-10-19-8-6-16(11)14(17)5-7-18-13-4-2-3-12(15)9-13/h2-4,9,11H,5-8,10,15H2,1H3. The van der Waals surface area contributed by atoms with Crippen molar-refractivity contribution in [3.63, 3.8) is 0 Å². The molecule has 0 saturated carbocycles. The topological polar surface area (TPSA) is 55.6 Å². The molecule has 1 amide bonds. The van der Waals surface area contributed by atoms with Crippen molar-refractivity contribution in [1.29, 1.82) is 0 Å². The number of carbonyl (C=O) groups excluding carboxylic acids is 1. The lowest BCUT2D eigenvalue weighted by molar-refractivity contribution is -0.133. The molecule has 1 unspecified atom stereocenters. The second kappa shape index (κ2) is 6.70. The highest BCUT2D eigenvalue weighted by atomic mass is 32.2. The van der Waals surface area contributed by atoms with Crippen molar-refractivity contribution in [2.24, 2.45) is 0 Å². The van der Waals surface area contributed by atoms with Gasteiger partial charge in [0.05, 0.1) is 13.0 Å². The monoisotopic (exact) mass is 280 g/mol. The first kappa shape index (κ1) is 14.1. The number of ether oxygens (including phenoxy) is 1.